The maximum absolute atomic E-state index is 12.1. The van der Waals surface area contributed by atoms with Crippen LogP contribution in [0.3, 0.4) is 0 Å². The van der Waals surface area contributed by atoms with Crippen molar-refractivity contribution in [3.8, 4) is 5.75 Å². The molecule has 3 N–H and O–H groups in total. The van der Waals surface area contributed by atoms with Crippen LogP contribution in [-0.2, 0) is 0 Å². The van der Waals surface area contributed by atoms with Crippen molar-refractivity contribution in [2.75, 3.05) is 0 Å². The molecule has 0 bridgehead atoms. The van der Waals surface area contributed by atoms with Crippen molar-refractivity contribution in [2.45, 2.75) is 45.8 Å². The van der Waals surface area contributed by atoms with Crippen LogP contribution in [0.15, 0.2) is 18.2 Å². The van der Waals surface area contributed by atoms with Gasteiger partial charge in [0.05, 0.1) is 11.1 Å². The molecular weight excluding hydrogens is 230 g/mol. The number of carbonyl (C=O) groups is 1. The zero-order valence-electron chi connectivity index (χ0n) is 11.5. The van der Waals surface area contributed by atoms with E-state index in [2.05, 4.69) is 5.32 Å². The van der Waals surface area contributed by atoms with Gasteiger partial charge in [-0.05, 0) is 58.4 Å². The van der Waals surface area contributed by atoms with E-state index >= 15 is 0 Å². The highest BCUT2D eigenvalue weighted by atomic mass is 16.3. The summed E-state index contributed by atoms with van der Waals surface area (Å²) in [6, 6.07) is 4.66. The van der Waals surface area contributed by atoms with Gasteiger partial charge in [0.25, 0.3) is 5.91 Å². The number of aliphatic hydroxyl groups is 1. The van der Waals surface area contributed by atoms with Gasteiger partial charge in [-0.2, -0.15) is 0 Å². The molecule has 0 fully saturated rings. The molecule has 1 aromatic rings. The fourth-order valence-electron chi connectivity index (χ4n) is 1.31. The molecule has 0 saturated heterocycles. The Bertz CT molecular complexity index is 459. The van der Waals surface area contributed by atoms with Crippen molar-refractivity contribution >= 4 is 5.91 Å². The summed E-state index contributed by atoms with van der Waals surface area (Å²) < 4.78 is 0. The standard InChI is InChI=1S/C14H21NO3/c1-9-8-10(6-7-11(9)16)12(17)15-13(2,3)14(4,5)18/h6-8,16,18H,1-5H3,(H,15,17). The lowest BCUT2D eigenvalue weighted by Crippen LogP contribution is -2.57. The second-order valence-electron chi connectivity index (χ2n) is 5.64. The Hall–Kier alpha value is -1.55. The van der Waals surface area contributed by atoms with Crippen molar-refractivity contribution < 1.29 is 15.0 Å². The molecule has 0 aliphatic heterocycles. The minimum absolute atomic E-state index is 0.160. The summed E-state index contributed by atoms with van der Waals surface area (Å²) in [5.41, 5.74) is -0.684. The lowest BCUT2D eigenvalue weighted by Gasteiger charge is -2.38. The Kier molecular flexibility index (Phi) is 3.72. The third kappa shape index (κ3) is 3.01. The van der Waals surface area contributed by atoms with E-state index in [0.29, 0.717) is 11.1 Å². The predicted molar refractivity (Wildman–Crippen MR) is 70.7 cm³/mol. The van der Waals surface area contributed by atoms with Crippen molar-refractivity contribution in [3.63, 3.8) is 0 Å². The van der Waals surface area contributed by atoms with Crippen LogP contribution in [0, 0.1) is 6.92 Å². The molecule has 0 aliphatic rings. The van der Waals surface area contributed by atoms with Crippen LogP contribution in [-0.4, -0.2) is 27.3 Å². The summed E-state index contributed by atoms with van der Waals surface area (Å²) in [5, 5.41) is 22.2. The minimum atomic E-state index is -1.03. The average molecular weight is 251 g/mol. The first-order chi connectivity index (χ1) is 8.04. The molecule has 0 saturated carbocycles. The van der Waals surface area contributed by atoms with E-state index in [9.17, 15) is 15.0 Å². The Morgan fingerprint density at radius 2 is 1.78 bits per heavy atom. The van der Waals surface area contributed by atoms with Gasteiger partial charge in [0, 0.05) is 5.56 Å². The van der Waals surface area contributed by atoms with Gasteiger partial charge in [-0.25, -0.2) is 0 Å². The highest BCUT2D eigenvalue weighted by Crippen LogP contribution is 2.22. The molecule has 1 rings (SSSR count). The Morgan fingerprint density at radius 3 is 2.22 bits per heavy atom. The summed E-state index contributed by atoms with van der Waals surface area (Å²) in [7, 11) is 0. The number of aromatic hydroxyl groups is 1. The first kappa shape index (κ1) is 14.5. The summed E-state index contributed by atoms with van der Waals surface area (Å²) in [4.78, 5) is 12.1. The Labute approximate surface area is 108 Å². The fourth-order valence-corrected chi connectivity index (χ4v) is 1.31. The normalized spacial score (nSPS) is 12.3. The number of phenols is 1. The van der Waals surface area contributed by atoms with E-state index < -0.39 is 11.1 Å². The third-order valence-corrected chi connectivity index (χ3v) is 3.41. The zero-order valence-corrected chi connectivity index (χ0v) is 11.5. The van der Waals surface area contributed by atoms with Gasteiger partial charge in [-0.1, -0.05) is 0 Å². The summed E-state index contributed by atoms with van der Waals surface area (Å²) >= 11 is 0. The van der Waals surface area contributed by atoms with Gasteiger partial charge in [0.1, 0.15) is 5.75 Å². The molecule has 0 heterocycles. The first-order valence-corrected chi connectivity index (χ1v) is 5.89. The molecule has 0 atom stereocenters. The lowest BCUT2D eigenvalue weighted by molar-refractivity contribution is -0.00293. The highest BCUT2D eigenvalue weighted by molar-refractivity contribution is 5.95. The summed E-state index contributed by atoms with van der Waals surface area (Å²) in [6.45, 7) is 8.55. The lowest BCUT2D eigenvalue weighted by atomic mass is 9.85. The monoisotopic (exact) mass is 251 g/mol. The number of nitrogens with one attached hydrogen (secondary N) is 1. The molecule has 1 amide bonds. The fraction of sp³-hybridized carbons (Fsp3) is 0.500. The van der Waals surface area contributed by atoms with Crippen LogP contribution in [0.25, 0.3) is 0 Å². The average Bonchev–Trinajstić information content (AvgIpc) is 2.19. The van der Waals surface area contributed by atoms with Gasteiger partial charge in [-0.3, -0.25) is 4.79 Å². The van der Waals surface area contributed by atoms with E-state index in [1.54, 1.807) is 46.8 Å². The van der Waals surface area contributed by atoms with Gasteiger partial charge in [0.2, 0.25) is 0 Å². The first-order valence-electron chi connectivity index (χ1n) is 5.89. The van der Waals surface area contributed by atoms with Crippen LogP contribution >= 0.6 is 0 Å². The SMILES string of the molecule is Cc1cc(C(=O)NC(C)(C)C(C)(C)O)ccc1O. The highest BCUT2D eigenvalue weighted by Gasteiger charge is 2.36. The number of rotatable bonds is 3. The number of hydrogen-bond acceptors (Lipinski definition) is 3. The second kappa shape index (κ2) is 4.61. The molecular formula is C14H21NO3. The van der Waals surface area contributed by atoms with Gasteiger partial charge < -0.3 is 15.5 Å². The molecule has 0 unspecified atom stereocenters. The maximum Gasteiger partial charge on any atom is 0.251 e. The largest absolute Gasteiger partial charge is 0.508 e. The maximum atomic E-state index is 12.1. The summed E-state index contributed by atoms with van der Waals surface area (Å²) in [5.74, 6) is -0.112. The van der Waals surface area contributed by atoms with Crippen molar-refractivity contribution in [1.82, 2.24) is 5.32 Å². The van der Waals surface area contributed by atoms with Crippen LogP contribution in [0.1, 0.15) is 43.6 Å². The van der Waals surface area contributed by atoms with Crippen molar-refractivity contribution in [1.29, 1.82) is 0 Å². The zero-order chi connectivity index (χ0) is 14.1. The number of amides is 1. The molecule has 4 nitrogen and oxygen atoms in total. The van der Waals surface area contributed by atoms with Gasteiger partial charge >= 0.3 is 0 Å². The van der Waals surface area contributed by atoms with Crippen LogP contribution in [0.4, 0.5) is 0 Å². The third-order valence-electron chi connectivity index (χ3n) is 3.41. The topological polar surface area (TPSA) is 69.6 Å². The molecule has 0 aliphatic carbocycles. The number of hydrogen-bond donors (Lipinski definition) is 3. The number of carbonyl (C=O) groups excluding carboxylic acids is 1. The quantitative estimate of drug-likeness (QED) is 0.769. The van der Waals surface area contributed by atoms with E-state index in [0.717, 1.165) is 0 Å². The van der Waals surface area contributed by atoms with Crippen LogP contribution < -0.4 is 5.32 Å². The van der Waals surface area contributed by atoms with Crippen molar-refractivity contribution in [3.05, 3.63) is 29.3 Å². The molecule has 4 heteroatoms. The Morgan fingerprint density at radius 1 is 1.22 bits per heavy atom. The number of aryl methyl sites for hydroxylation is 1. The Balaban J connectivity index is 2.93. The van der Waals surface area contributed by atoms with Crippen LogP contribution in [0.5, 0.6) is 5.75 Å². The predicted octanol–water partition coefficient (Wildman–Crippen LogP) is 1.98. The molecule has 0 aromatic heterocycles. The van der Waals surface area contributed by atoms with E-state index in [1.165, 1.54) is 6.07 Å². The number of benzene rings is 1. The van der Waals surface area contributed by atoms with E-state index in [4.69, 9.17) is 0 Å². The van der Waals surface area contributed by atoms with E-state index in [1.807, 2.05) is 0 Å². The summed E-state index contributed by atoms with van der Waals surface area (Å²) in [6.07, 6.45) is 0. The van der Waals surface area contributed by atoms with Gasteiger partial charge in [0.15, 0.2) is 0 Å². The van der Waals surface area contributed by atoms with Gasteiger partial charge in [-0.15, -0.1) is 0 Å². The molecule has 1 aromatic carbocycles. The van der Waals surface area contributed by atoms with Crippen LogP contribution in [0.2, 0.25) is 0 Å². The molecule has 0 spiro atoms. The molecule has 100 valence electrons. The van der Waals surface area contributed by atoms with Crippen molar-refractivity contribution in [2.24, 2.45) is 0 Å². The second-order valence-corrected chi connectivity index (χ2v) is 5.64. The minimum Gasteiger partial charge on any atom is -0.508 e. The molecule has 18 heavy (non-hydrogen) atoms. The molecule has 0 radical (unpaired) electrons. The van der Waals surface area contributed by atoms with E-state index in [-0.39, 0.29) is 11.7 Å². The number of phenolic OH excluding ortho intramolecular Hbond substituents is 1. The smallest absolute Gasteiger partial charge is 0.251 e.